The van der Waals surface area contributed by atoms with Gasteiger partial charge in [-0.15, -0.1) is 0 Å². The Morgan fingerprint density at radius 1 is 1.02 bits per heavy atom. The number of rotatable bonds is 4. The fourth-order valence-corrected chi connectivity index (χ4v) is 11.0. The monoisotopic (exact) mass is 770 g/mol. The van der Waals surface area contributed by atoms with Gasteiger partial charge in [-0.2, -0.15) is 5.10 Å². The van der Waals surface area contributed by atoms with Crippen molar-refractivity contribution in [2.24, 2.45) is 18.4 Å². The molecule has 1 aliphatic heterocycles. The summed E-state index contributed by atoms with van der Waals surface area (Å²) in [5, 5.41) is 14.2. The number of aromatic nitrogens is 4. The zero-order valence-electron chi connectivity index (χ0n) is 30.0. The summed E-state index contributed by atoms with van der Waals surface area (Å²) in [6, 6.07) is 11.6. The maximum Gasteiger partial charge on any atom is 0.306 e. The van der Waals surface area contributed by atoms with Crippen LogP contribution in [-0.4, -0.2) is 59.2 Å². The van der Waals surface area contributed by atoms with Crippen molar-refractivity contribution in [3.8, 4) is 11.4 Å². The summed E-state index contributed by atoms with van der Waals surface area (Å²) >= 11 is 0. The first-order valence-corrected chi connectivity index (χ1v) is 20.5. The Kier molecular flexibility index (Phi) is 9.90. The van der Waals surface area contributed by atoms with Crippen LogP contribution < -0.4 is 0 Å². The van der Waals surface area contributed by atoms with Crippen molar-refractivity contribution in [2.45, 2.75) is 75.0 Å². The van der Waals surface area contributed by atoms with Crippen molar-refractivity contribution in [1.29, 1.82) is 0 Å². The fraction of sp³-hybridized carbons (Fsp3) is 0.395. The third-order valence-corrected chi connectivity index (χ3v) is 14.2. The third-order valence-electron chi connectivity index (χ3n) is 10.3. The molecule has 53 heavy (non-hydrogen) atoms. The lowest BCUT2D eigenvalue weighted by molar-refractivity contribution is -0.141. The van der Waals surface area contributed by atoms with Crippen molar-refractivity contribution in [3.05, 3.63) is 94.7 Å². The van der Waals surface area contributed by atoms with Gasteiger partial charge in [-0.05, 0) is 79.0 Å². The van der Waals surface area contributed by atoms with Gasteiger partial charge < -0.3 is 10.1 Å². The molecule has 282 valence electrons. The number of carbonyl (C=O) groups is 1. The number of fused-ring (bicyclic) bond motifs is 8. The molecule has 1 aliphatic rings. The number of aryl methyl sites for hydroxylation is 2. The zero-order valence-corrected chi connectivity index (χ0v) is 31.6. The second kappa shape index (κ2) is 13.7. The molecule has 0 aliphatic carbocycles. The molecule has 4 bridgehead atoms. The van der Waals surface area contributed by atoms with Gasteiger partial charge in [-0.1, -0.05) is 51.5 Å². The highest BCUT2D eigenvalue weighted by molar-refractivity contribution is 7.92. The molecule has 0 unspecified atom stereocenters. The van der Waals surface area contributed by atoms with Gasteiger partial charge in [0.05, 0.1) is 38.8 Å². The molecular weight excluding hydrogens is 730 g/mol. The molecule has 3 aromatic carbocycles. The summed E-state index contributed by atoms with van der Waals surface area (Å²) in [7, 11) is -7.27. The van der Waals surface area contributed by atoms with Crippen LogP contribution in [0.25, 0.3) is 22.3 Å². The Morgan fingerprint density at radius 3 is 2.47 bits per heavy atom. The summed E-state index contributed by atoms with van der Waals surface area (Å²) in [6.45, 7) is 7.15. The van der Waals surface area contributed by atoms with E-state index in [-0.39, 0.29) is 45.9 Å². The Labute approximate surface area is 306 Å². The number of H-pyrrole nitrogens is 1. The number of hydrogen-bond donors (Lipinski definition) is 2. The largest absolute Gasteiger partial charge is 0.481 e. The van der Waals surface area contributed by atoms with Gasteiger partial charge in [0, 0.05) is 18.6 Å². The van der Waals surface area contributed by atoms with E-state index in [4.69, 9.17) is 4.98 Å². The molecule has 2 aromatic heterocycles. The van der Waals surface area contributed by atoms with Crippen LogP contribution in [0.1, 0.15) is 69.5 Å². The first-order chi connectivity index (χ1) is 24.7. The van der Waals surface area contributed by atoms with Gasteiger partial charge in [0.15, 0.2) is 33.1 Å². The van der Waals surface area contributed by atoms with E-state index >= 15 is 13.2 Å². The molecule has 2 N–H and O–H groups in total. The lowest BCUT2D eigenvalue weighted by Gasteiger charge is -2.31. The van der Waals surface area contributed by atoms with Crippen molar-refractivity contribution in [3.63, 3.8) is 0 Å². The van der Waals surface area contributed by atoms with Crippen LogP contribution >= 0.6 is 0 Å². The highest BCUT2D eigenvalue weighted by Crippen LogP contribution is 2.41. The number of nitrogens with zero attached hydrogens (tertiary/aromatic N) is 3. The summed E-state index contributed by atoms with van der Waals surface area (Å²) in [4.78, 5) is 17.4. The minimum Gasteiger partial charge on any atom is -0.481 e. The highest BCUT2D eigenvalue weighted by Gasteiger charge is 2.38. The van der Waals surface area contributed by atoms with Crippen LogP contribution in [0.4, 0.5) is 13.2 Å². The fourth-order valence-electron chi connectivity index (χ4n) is 7.39. The Hall–Kier alpha value is -4.50. The second-order valence-electron chi connectivity index (χ2n) is 15.1. The maximum absolute atomic E-state index is 16.0. The van der Waals surface area contributed by atoms with E-state index in [0.29, 0.717) is 19.3 Å². The normalized spacial score (nSPS) is 20.6. The molecule has 0 spiro atoms. The van der Waals surface area contributed by atoms with Gasteiger partial charge in [0.2, 0.25) is 9.84 Å². The number of benzene rings is 3. The minimum atomic E-state index is -4.92. The van der Waals surface area contributed by atoms with Crippen LogP contribution in [0.5, 0.6) is 0 Å². The van der Waals surface area contributed by atoms with E-state index in [9.17, 15) is 26.7 Å². The molecule has 3 heterocycles. The summed E-state index contributed by atoms with van der Waals surface area (Å²) in [5.74, 6) is -6.08. The van der Waals surface area contributed by atoms with Crippen LogP contribution in [0, 0.1) is 28.8 Å². The smallest absolute Gasteiger partial charge is 0.306 e. The quantitative estimate of drug-likeness (QED) is 0.186. The Bertz CT molecular complexity index is 2480. The third kappa shape index (κ3) is 7.25. The van der Waals surface area contributed by atoms with Crippen LogP contribution in [0.15, 0.2) is 64.5 Å². The van der Waals surface area contributed by atoms with Crippen molar-refractivity contribution in [2.75, 3.05) is 11.5 Å². The minimum absolute atomic E-state index is 0.0167. The molecule has 0 fully saturated rings. The van der Waals surface area contributed by atoms with Crippen molar-refractivity contribution in [1.82, 2.24) is 19.7 Å². The number of halogens is 3. The topological polar surface area (TPSA) is 152 Å². The molecule has 0 saturated carbocycles. The van der Waals surface area contributed by atoms with E-state index in [1.807, 2.05) is 45.0 Å². The van der Waals surface area contributed by atoms with Gasteiger partial charge in [0.1, 0.15) is 10.7 Å². The number of aromatic amines is 1. The van der Waals surface area contributed by atoms with E-state index in [1.165, 1.54) is 24.0 Å². The first-order valence-electron chi connectivity index (χ1n) is 17.2. The van der Waals surface area contributed by atoms with E-state index < -0.39 is 81.8 Å². The predicted molar refractivity (Wildman–Crippen MR) is 193 cm³/mol. The Morgan fingerprint density at radius 2 is 1.75 bits per heavy atom. The molecule has 0 amide bonds. The summed E-state index contributed by atoms with van der Waals surface area (Å²) in [5.41, 5.74) is -0.927. The van der Waals surface area contributed by atoms with Gasteiger partial charge in [0.25, 0.3) is 0 Å². The predicted octanol–water partition coefficient (Wildman–Crippen LogP) is 6.95. The van der Waals surface area contributed by atoms with Crippen molar-refractivity contribution < 1.29 is 39.9 Å². The molecule has 10 nitrogen and oxygen atoms in total. The van der Waals surface area contributed by atoms with Crippen LogP contribution in [0.3, 0.4) is 0 Å². The molecule has 0 radical (unpaired) electrons. The SMILES string of the molecule is C[C@@H](Cc1cccc([C@@]2(C)CCCC(C)(C)CS(=O)(=O)CCc3c(c(F)c(F)c4[nH]ccc34)S(=O)(=O)c3ccc(F)c(c3)-c3nc2nn3C)c1)C(=O)O. The number of carboxylic acids is 1. The van der Waals surface area contributed by atoms with Gasteiger partial charge >= 0.3 is 5.97 Å². The number of sulfone groups is 2. The van der Waals surface area contributed by atoms with Gasteiger partial charge in [-0.3, -0.25) is 4.79 Å². The first kappa shape index (κ1) is 38.2. The molecule has 2 atom stereocenters. The van der Waals surface area contributed by atoms with Crippen molar-refractivity contribution >= 4 is 36.5 Å². The summed E-state index contributed by atoms with van der Waals surface area (Å²) < 4.78 is 104. The lowest BCUT2D eigenvalue weighted by Crippen LogP contribution is -2.29. The van der Waals surface area contributed by atoms with Crippen LogP contribution in [0.2, 0.25) is 0 Å². The molecule has 5 aromatic rings. The molecule has 6 rings (SSSR count). The number of carboxylic acid groups (broad SMARTS) is 1. The zero-order chi connectivity index (χ0) is 38.7. The second-order valence-corrected chi connectivity index (χ2v) is 19.1. The number of aliphatic carboxylic acids is 1. The van der Waals surface area contributed by atoms with Crippen LogP contribution in [-0.2, 0) is 49.8 Å². The average molecular weight is 771 g/mol. The maximum atomic E-state index is 16.0. The lowest BCUT2D eigenvalue weighted by atomic mass is 9.75. The molecule has 0 saturated heterocycles. The standard InChI is InChI=1S/C38H41F3N4O6S2/c1-22(35(46)47)18-23-8-6-9-24(19-23)38(4)15-7-14-37(2,3)21-52(48,49)17-13-27-26-12-16-42-32(26)30(40)31(41)33(27)53(50,51)25-10-11-29(39)28(20-25)34-43-36(38)44-45(34)5/h6,8-12,16,19-20,22,42H,7,13-15,17-18,21H2,1-5H3,(H,46,47)/t22-,38+/m0/s1. The van der Waals surface area contributed by atoms with E-state index in [0.717, 1.165) is 29.3 Å². The summed E-state index contributed by atoms with van der Waals surface area (Å²) in [6.07, 6.45) is 2.54. The van der Waals surface area contributed by atoms with Gasteiger partial charge in [-0.25, -0.2) is 39.7 Å². The number of nitrogens with one attached hydrogen (secondary N) is 1. The average Bonchev–Trinajstić information content (AvgIpc) is 3.72. The number of hydrogen-bond acceptors (Lipinski definition) is 7. The molecular formula is C38H41F3N4O6S2. The van der Waals surface area contributed by atoms with E-state index in [2.05, 4.69) is 10.1 Å². The molecule has 15 heteroatoms. The highest BCUT2D eigenvalue weighted by atomic mass is 32.2. The Balaban J connectivity index is 1.57. The van der Waals surface area contributed by atoms with E-state index in [1.54, 1.807) is 6.92 Å².